The van der Waals surface area contributed by atoms with E-state index in [0.717, 1.165) is 22.3 Å². The summed E-state index contributed by atoms with van der Waals surface area (Å²) in [5.41, 5.74) is 7.32. The Bertz CT molecular complexity index is 522. The largest absolute Gasteiger partial charge is 0.394 e. The molecule has 3 N–H and O–H groups in total. The lowest BCUT2D eigenvalue weighted by atomic mass is 10.0. The van der Waals surface area contributed by atoms with Crippen molar-refractivity contribution in [2.75, 3.05) is 24.6 Å². The molecule has 0 saturated carbocycles. The van der Waals surface area contributed by atoms with Gasteiger partial charge in [-0.25, -0.2) is 0 Å². The number of halogens is 1. The Morgan fingerprint density at radius 3 is 2.90 bits per heavy atom. The number of nitrogens with zero attached hydrogens (tertiary/aromatic N) is 1. The van der Waals surface area contributed by atoms with E-state index in [1.165, 1.54) is 0 Å². The van der Waals surface area contributed by atoms with Crippen LogP contribution in [0.3, 0.4) is 0 Å². The summed E-state index contributed by atoms with van der Waals surface area (Å²) >= 11 is 8.58. The number of rotatable bonds is 3. The fraction of sp³-hybridized carbons (Fsp3) is 0.500. The van der Waals surface area contributed by atoms with Crippen LogP contribution in [-0.4, -0.2) is 41.5 Å². The van der Waals surface area contributed by atoms with Crippen LogP contribution in [0.4, 0.5) is 5.69 Å². The van der Waals surface area contributed by atoms with Crippen molar-refractivity contribution in [1.82, 2.24) is 0 Å². The number of benzene rings is 1. The van der Waals surface area contributed by atoms with Gasteiger partial charge in [-0.1, -0.05) is 28.1 Å². The molecule has 1 aromatic rings. The number of morpholine rings is 1. The zero-order chi connectivity index (χ0) is 14.9. The minimum Gasteiger partial charge on any atom is -0.394 e. The minimum absolute atomic E-state index is 0.00113. The van der Waals surface area contributed by atoms with Gasteiger partial charge in [0.05, 0.1) is 18.3 Å². The second kappa shape index (κ2) is 5.97. The Morgan fingerprint density at radius 2 is 2.30 bits per heavy atom. The molecular weight excluding hydrogens is 340 g/mol. The summed E-state index contributed by atoms with van der Waals surface area (Å²) in [6, 6.07) is 5.88. The lowest BCUT2D eigenvalue weighted by molar-refractivity contribution is -0.101. The first kappa shape index (κ1) is 15.7. The van der Waals surface area contributed by atoms with Crippen LogP contribution in [0.2, 0.25) is 0 Å². The van der Waals surface area contributed by atoms with Gasteiger partial charge in [-0.3, -0.25) is 0 Å². The molecule has 0 amide bonds. The molecule has 0 bridgehead atoms. The van der Waals surface area contributed by atoms with Gasteiger partial charge >= 0.3 is 0 Å². The van der Waals surface area contributed by atoms with Crippen molar-refractivity contribution >= 4 is 38.8 Å². The molecule has 2 rings (SSSR count). The number of ether oxygens (including phenoxy) is 1. The van der Waals surface area contributed by atoms with Crippen LogP contribution in [-0.2, 0) is 4.74 Å². The van der Waals surface area contributed by atoms with Gasteiger partial charge in [0.1, 0.15) is 4.99 Å². The van der Waals surface area contributed by atoms with Crippen molar-refractivity contribution in [3.8, 4) is 0 Å². The quantitative estimate of drug-likeness (QED) is 0.810. The van der Waals surface area contributed by atoms with Crippen molar-refractivity contribution in [1.29, 1.82) is 0 Å². The van der Waals surface area contributed by atoms with Crippen molar-refractivity contribution in [3.63, 3.8) is 0 Å². The monoisotopic (exact) mass is 358 g/mol. The summed E-state index contributed by atoms with van der Waals surface area (Å²) in [6.07, 6.45) is -0.207. The fourth-order valence-corrected chi connectivity index (χ4v) is 3.08. The Kier molecular flexibility index (Phi) is 4.69. The molecule has 20 heavy (non-hydrogen) atoms. The standard InChI is InChI=1S/C14H19BrN2O2S/c1-14(2)8-17(6-10(7-18)19-14)12-4-3-9(15)5-11(12)13(16)20/h3-5,10,18H,6-8H2,1-2H3,(H2,16,20). The molecule has 1 heterocycles. The maximum absolute atomic E-state index is 9.40. The van der Waals surface area contributed by atoms with Crippen LogP contribution in [0.1, 0.15) is 19.4 Å². The molecule has 1 aromatic carbocycles. The zero-order valence-electron chi connectivity index (χ0n) is 11.6. The summed E-state index contributed by atoms with van der Waals surface area (Å²) in [5.74, 6) is 0. The van der Waals surface area contributed by atoms with Crippen LogP contribution in [0.25, 0.3) is 0 Å². The number of anilines is 1. The van der Waals surface area contributed by atoms with Crippen molar-refractivity contribution in [3.05, 3.63) is 28.2 Å². The molecule has 0 aliphatic carbocycles. The highest BCUT2D eigenvalue weighted by Gasteiger charge is 2.34. The van der Waals surface area contributed by atoms with E-state index in [4.69, 9.17) is 22.7 Å². The number of nitrogens with two attached hydrogens (primary N) is 1. The molecule has 1 aliphatic heterocycles. The summed E-state index contributed by atoms with van der Waals surface area (Å²) < 4.78 is 6.77. The van der Waals surface area contributed by atoms with E-state index in [0.29, 0.717) is 11.5 Å². The highest BCUT2D eigenvalue weighted by atomic mass is 79.9. The summed E-state index contributed by atoms with van der Waals surface area (Å²) in [7, 11) is 0. The van der Waals surface area contributed by atoms with E-state index in [9.17, 15) is 5.11 Å². The molecule has 0 aromatic heterocycles. The van der Waals surface area contributed by atoms with Gasteiger partial charge in [0, 0.05) is 28.8 Å². The Morgan fingerprint density at radius 1 is 1.60 bits per heavy atom. The Hall–Kier alpha value is -0.690. The van der Waals surface area contributed by atoms with Crippen LogP contribution in [0, 0.1) is 0 Å². The lowest BCUT2D eigenvalue weighted by Gasteiger charge is -2.44. The Labute approximate surface area is 133 Å². The highest BCUT2D eigenvalue weighted by Crippen LogP contribution is 2.30. The van der Waals surface area contributed by atoms with Crippen LogP contribution < -0.4 is 10.6 Å². The number of aliphatic hydroxyl groups is 1. The van der Waals surface area contributed by atoms with Gasteiger partial charge in [0.15, 0.2) is 0 Å². The Balaban J connectivity index is 2.37. The van der Waals surface area contributed by atoms with Gasteiger partial charge in [-0.15, -0.1) is 0 Å². The van der Waals surface area contributed by atoms with Crippen molar-refractivity contribution in [2.24, 2.45) is 5.73 Å². The third-order valence-corrected chi connectivity index (χ3v) is 3.96. The number of thiocarbonyl (C=S) groups is 1. The van der Waals surface area contributed by atoms with Crippen LogP contribution in [0.5, 0.6) is 0 Å². The normalized spacial score (nSPS) is 21.8. The van der Waals surface area contributed by atoms with Crippen molar-refractivity contribution < 1.29 is 9.84 Å². The summed E-state index contributed by atoms with van der Waals surface area (Å²) in [6.45, 7) is 5.37. The molecule has 1 aliphatic rings. The van der Waals surface area contributed by atoms with Gasteiger partial charge in [0.25, 0.3) is 0 Å². The summed E-state index contributed by atoms with van der Waals surface area (Å²) in [5, 5.41) is 9.40. The third-order valence-electron chi connectivity index (χ3n) is 3.25. The highest BCUT2D eigenvalue weighted by molar-refractivity contribution is 9.10. The van der Waals surface area contributed by atoms with Crippen LogP contribution >= 0.6 is 28.1 Å². The number of hydrogen-bond acceptors (Lipinski definition) is 4. The maximum atomic E-state index is 9.40. The lowest BCUT2D eigenvalue weighted by Crippen LogP contribution is -2.54. The average Bonchev–Trinajstić information content (AvgIpc) is 2.36. The number of hydrogen-bond donors (Lipinski definition) is 2. The molecular formula is C14H19BrN2O2S. The molecule has 6 heteroatoms. The second-order valence-electron chi connectivity index (χ2n) is 5.59. The molecule has 1 fully saturated rings. The van der Waals surface area contributed by atoms with Gasteiger partial charge < -0.3 is 20.5 Å². The van der Waals surface area contributed by atoms with E-state index in [2.05, 4.69) is 20.8 Å². The fourth-order valence-electron chi connectivity index (χ4n) is 2.56. The molecule has 110 valence electrons. The van der Waals surface area contributed by atoms with Gasteiger partial charge in [0.2, 0.25) is 0 Å². The van der Waals surface area contributed by atoms with Crippen LogP contribution in [0.15, 0.2) is 22.7 Å². The SMILES string of the molecule is CC1(C)CN(c2ccc(Br)cc2C(N)=S)CC(CO)O1. The third kappa shape index (κ3) is 3.49. The van der Waals surface area contributed by atoms with E-state index in [-0.39, 0.29) is 18.3 Å². The average molecular weight is 359 g/mol. The molecule has 1 unspecified atom stereocenters. The maximum Gasteiger partial charge on any atom is 0.106 e. The topological polar surface area (TPSA) is 58.7 Å². The first-order valence-electron chi connectivity index (χ1n) is 6.45. The smallest absolute Gasteiger partial charge is 0.106 e. The molecule has 1 saturated heterocycles. The molecule has 0 radical (unpaired) electrons. The molecule has 0 spiro atoms. The predicted molar refractivity (Wildman–Crippen MR) is 88.3 cm³/mol. The van der Waals surface area contributed by atoms with E-state index in [1.54, 1.807) is 0 Å². The number of aliphatic hydroxyl groups excluding tert-OH is 1. The first-order valence-corrected chi connectivity index (χ1v) is 7.65. The van der Waals surface area contributed by atoms with Gasteiger partial charge in [-0.2, -0.15) is 0 Å². The first-order chi connectivity index (χ1) is 9.32. The molecule has 4 nitrogen and oxygen atoms in total. The van der Waals surface area contributed by atoms with E-state index < -0.39 is 0 Å². The molecule has 1 atom stereocenters. The second-order valence-corrected chi connectivity index (χ2v) is 6.94. The predicted octanol–water partition coefficient (Wildman–Crippen LogP) is 2.06. The zero-order valence-corrected chi connectivity index (χ0v) is 14.0. The van der Waals surface area contributed by atoms with E-state index >= 15 is 0 Å². The van der Waals surface area contributed by atoms with E-state index in [1.807, 2.05) is 32.0 Å². The van der Waals surface area contributed by atoms with Gasteiger partial charge in [-0.05, 0) is 32.0 Å². The minimum atomic E-state index is -0.327. The summed E-state index contributed by atoms with van der Waals surface area (Å²) in [4.78, 5) is 2.54. The van der Waals surface area contributed by atoms with Crippen molar-refractivity contribution in [2.45, 2.75) is 25.6 Å².